The molecule has 0 saturated carbocycles. The van der Waals surface area contributed by atoms with Gasteiger partial charge in [-0.3, -0.25) is 19.3 Å². The molecule has 7 heteroatoms. The highest BCUT2D eigenvalue weighted by Crippen LogP contribution is 2.21. The molecule has 3 aromatic carbocycles. The summed E-state index contributed by atoms with van der Waals surface area (Å²) in [6.07, 6.45) is 0. The van der Waals surface area contributed by atoms with Crippen LogP contribution in [0.5, 0.6) is 0 Å². The lowest BCUT2D eigenvalue weighted by Gasteiger charge is -2.48. The van der Waals surface area contributed by atoms with E-state index in [1.165, 1.54) is 0 Å². The van der Waals surface area contributed by atoms with Gasteiger partial charge in [0, 0.05) is 67.7 Å². The average molecular weight is 469 g/mol. The number of amides is 3. The largest absolute Gasteiger partial charge is 0.336 e. The van der Waals surface area contributed by atoms with Crippen molar-refractivity contribution in [3.05, 3.63) is 102 Å². The van der Waals surface area contributed by atoms with Gasteiger partial charge < -0.3 is 15.1 Å². The molecule has 0 atom stereocenters. The SMILES string of the molecule is O=C(Nc1ccc(C(=O)N2CC(N3CCN(C(=O)c4ccccc4)CC3)C2)cc1)c1ccccc1. The molecule has 2 aliphatic rings. The fourth-order valence-electron chi connectivity index (χ4n) is 4.58. The smallest absolute Gasteiger partial charge is 0.255 e. The van der Waals surface area contributed by atoms with E-state index in [-0.39, 0.29) is 17.7 Å². The van der Waals surface area contributed by atoms with Crippen LogP contribution >= 0.6 is 0 Å². The fraction of sp³-hybridized carbons (Fsp3) is 0.250. The van der Waals surface area contributed by atoms with Crippen LogP contribution in [0.25, 0.3) is 0 Å². The van der Waals surface area contributed by atoms with E-state index >= 15 is 0 Å². The van der Waals surface area contributed by atoms with Crippen molar-refractivity contribution in [2.24, 2.45) is 0 Å². The minimum atomic E-state index is -0.180. The molecule has 35 heavy (non-hydrogen) atoms. The second-order valence-electron chi connectivity index (χ2n) is 8.96. The van der Waals surface area contributed by atoms with Crippen molar-refractivity contribution in [1.29, 1.82) is 0 Å². The molecule has 0 aliphatic carbocycles. The Kier molecular flexibility index (Phi) is 6.59. The molecule has 1 N–H and O–H groups in total. The standard InChI is InChI=1S/C28H28N4O3/c33-26(21-7-3-1-4-8-21)29-24-13-11-23(12-14-24)28(35)32-19-25(20-32)30-15-17-31(18-16-30)27(34)22-9-5-2-6-10-22/h1-14,25H,15-20H2,(H,29,33). The van der Waals surface area contributed by atoms with Gasteiger partial charge in [0.05, 0.1) is 0 Å². The van der Waals surface area contributed by atoms with Crippen molar-refractivity contribution < 1.29 is 14.4 Å². The second kappa shape index (κ2) is 10.1. The number of nitrogens with one attached hydrogen (secondary N) is 1. The van der Waals surface area contributed by atoms with E-state index in [1.54, 1.807) is 36.4 Å². The molecule has 3 aromatic rings. The number of likely N-dealkylation sites (tertiary alicyclic amines) is 1. The maximum atomic E-state index is 12.9. The van der Waals surface area contributed by atoms with E-state index in [2.05, 4.69) is 10.2 Å². The van der Waals surface area contributed by atoms with E-state index in [0.717, 1.165) is 18.7 Å². The molecular weight excluding hydrogens is 440 g/mol. The van der Waals surface area contributed by atoms with Gasteiger partial charge in [0.2, 0.25) is 0 Å². The number of carbonyl (C=O) groups is 3. The Morgan fingerprint density at radius 3 is 1.71 bits per heavy atom. The van der Waals surface area contributed by atoms with Gasteiger partial charge in [0.25, 0.3) is 17.7 Å². The van der Waals surface area contributed by atoms with Gasteiger partial charge in [-0.25, -0.2) is 0 Å². The van der Waals surface area contributed by atoms with Gasteiger partial charge in [-0.1, -0.05) is 36.4 Å². The molecule has 2 fully saturated rings. The molecule has 7 nitrogen and oxygen atoms in total. The fourth-order valence-corrected chi connectivity index (χ4v) is 4.58. The summed E-state index contributed by atoms with van der Waals surface area (Å²) in [5, 5.41) is 2.86. The normalized spacial score (nSPS) is 16.5. The number of rotatable bonds is 5. The summed E-state index contributed by atoms with van der Waals surface area (Å²) in [6.45, 7) is 4.43. The average Bonchev–Trinajstić information content (AvgIpc) is 2.89. The topological polar surface area (TPSA) is 73.0 Å². The number of carbonyl (C=O) groups excluding carboxylic acids is 3. The van der Waals surface area contributed by atoms with E-state index in [4.69, 9.17) is 0 Å². The Morgan fingerprint density at radius 1 is 0.600 bits per heavy atom. The van der Waals surface area contributed by atoms with Crippen molar-refractivity contribution >= 4 is 23.4 Å². The molecule has 0 aromatic heterocycles. The Hall–Kier alpha value is -3.97. The monoisotopic (exact) mass is 468 g/mol. The quantitative estimate of drug-likeness (QED) is 0.624. The zero-order valence-corrected chi connectivity index (χ0v) is 19.5. The molecular formula is C28H28N4O3. The maximum absolute atomic E-state index is 12.9. The lowest BCUT2D eigenvalue weighted by Crippen LogP contribution is -2.64. The van der Waals surface area contributed by atoms with Crippen molar-refractivity contribution in [2.45, 2.75) is 6.04 Å². The molecule has 0 bridgehead atoms. The molecule has 3 amide bonds. The number of benzene rings is 3. The zero-order valence-electron chi connectivity index (χ0n) is 19.5. The highest BCUT2D eigenvalue weighted by molar-refractivity contribution is 6.04. The summed E-state index contributed by atoms with van der Waals surface area (Å²) >= 11 is 0. The number of hydrogen-bond acceptors (Lipinski definition) is 4. The molecule has 0 spiro atoms. The van der Waals surface area contributed by atoms with E-state index < -0.39 is 0 Å². The molecule has 5 rings (SSSR count). The first kappa shape index (κ1) is 22.8. The predicted octanol–water partition coefficient (Wildman–Crippen LogP) is 3.22. The van der Waals surface area contributed by atoms with Gasteiger partial charge in [0.1, 0.15) is 0 Å². The summed E-state index contributed by atoms with van der Waals surface area (Å²) in [6, 6.07) is 25.8. The highest BCUT2D eigenvalue weighted by Gasteiger charge is 2.37. The first-order valence-electron chi connectivity index (χ1n) is 11.9. The van der Waals surface area contributed by atoms with Crippen LogP contribution in [0, 0.1) is 0 Å². The van der Waals surface area contributed by atoms with Gasteiger partial charge >= 0.3 is 0 Å². The van der Waals surface area contributed by atoms with Crippen LogP contribution in [0.15, 0.2) is 84.9 Å². The lowest BCUT2D eigenvalue weighted by atomic mass is 10.0. The molecule has 178 valence electrons. The van der Waals surface area contributed by atoms with Crippen LogP contribution in [-0.2, 0) is 0 Å². The van der Waals surface area contributed by atoms with Crippen LogP contribution in [-0.4, -0.2) is 77.7 Å². The summed E-state index contributed by atoms with van der Waals surface area (Å²) in [5.74, 6) is -0.0972. The maximum Gasteiger partial charge on any atom is 0.255 e. The number of piperazine rings is 1. The summed E-state index contributed by atoms with van der Waals surface area (Å²) in [4.78, 5) is 44.0. The van der Waals surface area contributed by atoms with Crippen molar-refractivity contribution in [3.63, 3.8) is 0 Å². The van der Waals surface area contributed by atoms with Gasteiger partial charge in [-0.2, -0.15) is 0 Å². The first-order chi connectivity index (χ1) is 17.1. The molecule has 2 saturated heterocycles. The third kappa shape index (κ3) is 5.10. The summed E-state index contributed by atoms with van der Waals surface area (Å²) in [7, 11) is 0. The van der Waals surface area contributed by atoms with Crippen LogP contribution in [0.4, 0.5) is 5.69 Å². The molecule has 2 aliphatic heterocycles. The van der Waals surface area contributed by atoms with Crippen molar-refractivity contribution in [2.75, 3.05) is 44.6 Å². The third-order valence-corrected chi connectivity index (χ3v) is 6.71. The molecule has 0 radical (unpaired) electrons. The van der Waals surface area contributed by atoms with Crippen LogP contribution < -0.4 is 5.32 Å². The van der Waals surface area contributed by atoms with E-state index in [9.17, 15) is 14.4 Å². The second-order valence-corrected chi connectivity index (χ2v) is 8.96. The zero-order chi connectivity index (χ0) is 24.2. The van der Waals surface area contributed by atoms with Gasteiger partial charge in [-0.15, -0.1) is 0 Å². The molecule has 2 heterocycles. The third-order valence-electron chi connectivity index (χ3n) is 6.71. The highest BCUT2D eigenvalue weighted by atomic mass is 16.2. The Bertz CT molecular complexity index is 1180. The minimum Gasteiger partial charge on any atom is -0.336 e. The predicted molar refractivity (Wildman–Crippen MR) is 134 cm³/mol. The Morgan fingerprint density at radius 2 is 1.11 bits per heavy atom. The summed E-state index contributed by atoms with van der Waals surface area (Å²) < 4.78 is 0. The summed E-state index contributed by atoms with van der Waals surface area (Å²) in [5.41, 5.74) is 2.58. The Labute approximate surface area is 204 Å². The lowest BCUT2D eigenvalue weighted by molar-refractivity contribution is 0.00853. The van der Waals surface area contributed by atoms with E-state index in [0.29, 0.717) is 49.0 Å². The van der Waals surface area contributed by atoms with Crippen molar-refractivity contribution in [1.82, 2.24) is 14.7 Å². The van der Waals surface area contributed by atoms with Crippen LogP contribution in [0.2, 0.25) is 0 Å². The van der Waals surface area contributed by atoms with Crippen molar-refractivity contribution in [3.8, 4) is 0 Å². The van der Waals surface area contributed by atoms with Gasteiger partial charge in [-0.05, 0) is 48.5 Å². The minimum absolute atomic E-state index is 0.0000715. The van der Waals surface area contributed by atoms with Crippen LogP contribution in [0.1, 0.15) is 31.1 Å². The Balaban J connectivity index is 1.08. The van der Waals surface area contributed by atoms with Gasteiger partial charge in [0.15, 0.2) is 0 Å². The van der Waals surface area contributed by atoms with E-state index in [1.807, 2.05) is 58.3 Å². The number of hydrogen-bond donors (Lipinski definition) is 1. The number of nitrogens with zero attached hydrogens (tertiary/aromatic N) is 3. The van der Waals surface area contributed by atoms with Crippen LogP contribution in [0.3, 0.4) is 0 Å². The number of anilines is 1. The first-order valence-corrected chi connectivity index (χ1v) is 11.9. The molecule has 0 unspecified atom stereocenters.